The maximum Gasteiger partial charge on any atom is 0.185 e. The molecule has 16 heavy (non-hydrogen) atoms. The minimum absolute atomic E-state index is 0.759. The molecule has 0 saturated carbocycles. The number of carbonyl (C=O) groups excluding carboxylic acids is 1. The van der Waals surface area contributed by atoms with Gasteiger partial charge in [-0.05, 0) is 20.5 Å². The van der Waals surface area contributed by atoms with Gasteiger partial charge in [0, 0.05) is 20.1 Å². The Hall–Kier alpha value is -0.940. The number of hydrogen-bond donors (Lipinski definition) is 0. The van der Waals surface area contributed by atoms with E-state index < -0.39 is 0 Å². The molecule has 0 aliphatic rings. The predicted molar refractivity (Wildman–Crippen MR) is 68.7 cm³/mol. The molecule has 1 aromatic rings. The molecule has 0 N–H and O–H groups in total. The van der Waals surface area contributed by atoms with Crippen molar-refractivity contribution in [1.29, 1.82) is 0 Å². The summed E-state index contributed by atoms with van der Waals surface area (Å²) < 4.78 is 0. The first-order chi connectivity index (χ1) is 7.58. The summed E-state index contributed by atoms with van der Waals surface area (Å²) in [6.45, 7) is 3.92. The zero-order valence-corrected chi connectivity index (χ0v) is 11.2. The van der Waals surface area contributed by atoms with Crippen molar-refractivity contribution >= 4 is 22.8 Å². The van der Waals surface area contributed by atoms with Crippen molar-refractivity contribution in [2.24, 2.45) is 0 Å². The maximum atomic E-state index is 10.8. The summed E-state index contributed by atoms with van der Waals surface area (Å²) in [4.78, 5) is 20.3. The van der Waals surface area contributed by atoms with Crippen LogP contribution in [0.2, 0.25) is 0 Å². The van der Waals surface area contributed by atoms with E-state index >= 15 is 0 Å². The predicted octanol–water partition coefficient (Wildman–Crippen LogP) is 1.52. The van der Waals surface area contributed by atoms with Crippen molar-refractivity contribution in [2.75, 3.05) is 39.1 Å². The van der Waals surface area contributed by atoms with Gasteiger partial charge in [-0.1, -0.05) is 18.3 Å². The van der Waals surface area contributed by atoms with Crippen LogP contribution in [0.5, 0.6) is 0 Å². The van der Waals surface area contributed by atoms with Gasteiger partial charge in [-0.2, -0.15) is 0 Å². The largest absolute Gasteiger partial charge is 0.350 e. The molecule has 0 amide bonds. The Balaban J connectivity index is 2.71. The van der Waals surface area contributed by atoms with Crippen LogP contribution in [-0.4, -0.2) is 50.4 Å². The number of aromatic nitrogens is 1. The van der Waals surface area contributed by atoms with Gasteiger partial charge in [0.1, 0.15) is 0 Å². The standard InChI is InChI=1S/C11H19N3OS/c1-5-9-10(8-15)16-11(12-9)14(4)7-6-13(2)3/h8H,5-7H2,1-4H3. The smallest absolute Gasteiger partial charge is 0.185 e. The molecule has 0 bridgehead atoms. The molecule has 1 aromatic heterocycles. The third-order valence-electron chi connectivity index (χ3n) is 2.37. The molecule has 0 aromatic carbocycles. The van der Waals surface area contributed by atoms with Crippen LogP contribution >= 0.6 is 11.3 Å². The Labute approximate surface area is 101 Å². The van der Waals surface area contributed by atoms with Crippen LogP contribution in [-0.2, 0) is 6.42 Å². The molecule has 0 aliphatic carbocycles. The normalized spacial score (nSPS) is 10.8. The lowest BCUT2D eigenvalue weighted by molar-refractivity contribution is 0.112. The maximum absolute atomic E-state index is 10.8. The Morgan fingerprint density at radius 3 is 2.44 bits per heavy atom. The molecule has 90 valence electrons. The number of carbonyl (C=O) groups is 1. The molecule has 0 unspecified atom stereocenters. The molecule has 0 aliphatic heterocycles. The van der Waals surface area contributed by atoms with Crippen molar-refractivity contribution in [1.82, 2.24) is 9.88 Å². The first kappa shape index (κ1) is 13.1. The fourth-order valence-electron chi connectivity index (χ4n) is 1.30. The Morgan fingerprint density at radius 2 is 2.00 bits per heavy atom. The average molecular weight is 241 g/mol. The second-order valence-electron chi connectivity index (χ2n) is 4.00. The van der Waals surface area contributed by atoms with Gasteiger partial charge in [-0.15, -0.1) is 0 Å². The fourth-order valence-corrected chi connectivity index (χ4v) is 2.26. The second-order valence-corrected chi connectivity index (χ2v) is 5.01. The molecular formula is C11H19N3OS. The number of hydrogen-bond acceptors (Lipinski definition) is 5. The molecule has 0 atom stereocenters. The third kappa shape index (κ3) is 3.28. The van der Waals surface area contributed by atoms with Gasteiger partial charge in [0.2, 0.25) is 0 Å². The van der Waals surface area contributed by atoms with Gasteiger partial charge < -0.3 is 9.80 Å². The minimum Gasteiger partial charge on any atom is -0.350 e. The summed E-state index contributed by atoms with van der Waals surface area (Å²) in [5.41, 5.74) is 0.909. The van der Waals surface area contributed by atoms with Crippen molar-refractivity contribution < 1.29 is 4.79 Å². The Kier molecular flexibility index (Phi) is 4.89. The molecule has 1 heterocycles. The lowest BCUT2D eigenvalue weighted by atomic mass is 10.3. The minimum atomic E-state index is 0.759. The fraction of sp³-hybridized carbons (Fsp3) is 0.636. The molecule has 5 heteroatoms. The Bertz CT molecular complexity index is 349. The average Bonchev–Trinajstić information content (AvgIpc) is 2.68. The van der Waals surface area contributed by atoms with E-state index in [0.717, 1.165) is 41.5 Å². The number of aryl methyl sites for hydroxylation is 1. The topological polar surface area (TPSA) is 36.4 Å². The number of rotatable bonds is 6. The highest BCUT2D eigenvalue weighted by molar-refractivity contribution is 7.17. The van der Waals surface area contributed by atoms with Crippen LogP contribution in [0.4, 0.5) is 5.13 Å². The SMILES string of the molecule is CCc1nc(N(C)CCN(C)C)sc1C=O. The Morgan fingerprint density at radius 1 is 1.31 bits per heavy atom. The molecule has 4 nitrogen and oxygen atoms in total. The monoisotopic (exact) mass is 241 g/mol. The van der Waals surface area contributed by atoms with Gasteiger partial charge in [0.15, 0.2) is 11.4 Å². The van der Waals surface area contributed by atoms with E-state index in [-0.39, 0.29) is 0 Å². The van der Waals surface area contributed by atoms with Crippen molar-refractivity contribution in [3.05, 3.63) is 10.6 Å². The highest BCUT2D eigenvalue weighted by Gasteiger charge is 2.12. The first-order valence-electron chi connectivity index (χ1n) is 5.39. The molecule has 1 rings (SSSR count). The van der Waals surface area contributed by atoms with Crippen LogP contribution in [0, 0.1) is 0 Å². The van der Waals surface area contributed by atoms with E-state index in [1.807, 2.05) is 28.1 Å². The van der Waals surface area contributed by atoms with E-state index in [1.54, 1.807) is 0 Å². The lowest BCUT2D eigenvalue weighted by Gasteiger charge is -2.18. The molecule has 0 fully saturated rings. The van der Waals surface area contributed by atoms with Gasteiger partial charge in [0.05, 0.1) is 10.6 Å². The second kappa shape index (κ2) is 5.96. The zero-order chi connectivity index (χ0) is 12.1. The summed E-state index contributed by atoms with van der Waals surface area (Å²) >= 11 is 1.47. The third-order valence-corrected chi connectivity index (χ3v) is 3.50. The van der Waals surface area contributed by atoms with E-state index in [1.165, 1.54) is 11.3 Å². The lowest BCUT2D eigenvalue weighted by Crippen LogP contribution is -2.28. The van der Waals surface area contributed by atoms with Gasteiger partial charge in [0.25, 0.3) is 0 Å². The van der Waals surface area contributed by atoms with Gasteiger partial charge >= 0.3 is 0 Å². The summed E-state index contributed by atoms with van der Waals surface area (Å²) in [6.07, 6.45) is 1.71. The molecule has 0 spiro atoms. The van der Waals surface area contributed by atoms with E-state index in [4.69, 9.17) is 0 Å². The highest BCUT2D eigenvalue weighted by atomic mass is 32.1. The van der Waals surface area contributed by atoms with Gasteiger partial charge in [-0.25, -0.2) is 4.98 Å². The highest BCUT2D eigenvalue weighted by Crippen LogP contribution is 2.24. The summed E-state index contributed by atoms with van der Waals surface area (Å²) in [5.74, 6) is 0. The zero-order valence-electron chi connectivity index (χ0n) is 10.4. The molecular weight excluding hydrogens is 222 g/mol. The number of anilines is 1. The number of nitrogens with zero attached hydrogens (tertiary/aromatic N) is 3. The van der Waals surface area contributed by atoms with Crippen molar-refractivity contribution in [3.63, 3.8) is 0 Å². The van der Waals surface area contributed by atoms with Crippen molar-refractivity contribution in [3.8, 4) is 0 Å². The quantitative estimate of drug-likeness (QED) is 0.708. The van der Waals surface area contributed by atoms with Crippen LogP contribution in [0.3, 0.4) is 0 Å². The summed E-state index contributed by atoms with van der Waals surface area (Å²) in [7, 11) is 6.10. The van der Waals surface area contributed by atoms with E-state index in [9.17, 15) is 4.79 Å². The van der Waals surface area contributed by atoms with Crippen LogP contribution in [0.1, 0.15) is 22.3 Å². The van der Waals surface area contributed by atoms with Crippen LogP contribution in [0.15, 0.2) is 0 Å². The molecule has 0 saturated heterocycles. The summed E-state index contributed by atoms with van der Waals surface area (Å²) in [6, 6.07) is 0. The van der Waals surface area contributed by atoms with Crippen LogP contribution < -0.4 is 4.90 Å². The number of aldehydes is 1. The van der Waals surface area contributed by atoms with Gasteiger partial charge in [-0.3, -0.25) is 4.79 Å². The number of thiazole rings is 1. The first-order valence-corrected chi connectivity index (χ1v) is 6.20. The van der Waals surface area contributed by atoms with E-state index in [2.05, 4.69) is 14.8 Å². The molecule has 0 radical (unpaired) electrons. The van der Waals surface area contributed by atoms with E-state index in [0.29, 0.717) is 0 Å². The summed E-state index contributed by atoms with van der Waals surface area (Å²) in [5, 5.41) is 0.931. The van der Waals surface area contributed by atoms with Crippen LogP contribution in [0.25, 0.3) is 0 Å². The van der Waals surface area contributed by atoms with Crippen molar-refractivity contribution in [2.45, 2.75) is 13.3 Å². The number of likely N-dealkylation sites (N-methyl/N-ethyl adjacent to an activating group) is 2.